The average molecular weight is 447 g/mol. The van der Waals surface area contributed by atoms with Gasteiger partial charge in [-0.25, -0.2) is 8.78 Å². The largest absolute Gasteiger partial charge is 2.00 e. The van der Waals surface area contributed by atoms with Crippen molar-refractivity contribution in [2.24, 2.45) is 0 Å². The van der Waals surface area contributed by atoms with Crippen molar-refractivity contribution in [2.75, 3.05) is 32.7 Å². The van der Waals surface area contributed by atoms with E-state index in [9.17, 15) is 8.78 Å². The summed E-state index contributed by atoms with van der Waals surface area (Å²) >= 11 is 0. The molecule has 3 aromatic rings. The Morgan fingerprint density at radius 1 is 0.742 bits per heavy atom. The molecular weight excluding hydrogens is 418 g/mol. The van der Waals surface area contributed by atoms with E-state index in [1.54, 1.807) is 0 Å². The maximum Gasteiger partial charge on any atom is 2.00 e. The van der Waals surface area contributed by atoms with Crippen LogP contribution in [-0.4, -0.2) is 80.3 Å². The van der Waals surface area contributed by atoms with Crippen molar-refractivity contribution < 1.29 is 11.6 Å². The average Bonchev–Trinajstić information content (AvgIpc) is 2.78. The van der Waals surface area contributed by atoms with Crippen molar-refractivity contribution in [3.8, 4) is 0 Å². The molecule has 0 amide bonds. The molecule has 158 valence electrons. The summed E-state index contributed by atoms with van der Waals surface area (Å²) in [5.41, 5.74) is 3.27. The van der Waals surface area contributed by atoms with Gasteiger partial charge in [0, 0.05) is 32.7 Å². The number of hydrogen-bond donors (Lipinski definition) is 0. The molecule has 0 bridgehead atoms. The Morgan fingerprint density at radius 2 is 1.26 bits per heavy atom. The molecule has 0 aromatic heterocycles. The van der Waals surface area contributed by atoms with Crippen LogP contribution in [-0.2, 0) is 0 Å². The minimum Gasteiger partial charge on any atom is -1.00 e. The van der Waals surface area contributed by atoms with Gasteiger partial charge < -0.3 is 2.85 Å². The predicted molar refractivity (Wildman–Crippen MR) is 126 cm³/mol. The quantitative estimate of drug-likeness (QED) is 0.479. The summed E-state index contributed by atoms with van der Waals surface area (Å²) in [6.07, 6.45) is 4.37. The van der Waals surface area contributed by atoms with Gasteiger partial charge in [0.05, 0.1) is 6.04 Å². The van der Waals surface area contributed by atoms with Crippen LogP contribution in [0.1, 0.15) is 25.6 Å². The Kier molecular flexibility index (Phi) is 9.24. The summed E-state index contributed by atoms with van der Waals surface area (Å²) in [5.74, 6) is -0.488. The first-order valence-electron chi connectivity index (χ1n) is 10.4. The number of rotatable bonds is 6. The van der Waals surface area contributed by atoms with Gasteiger partial charge in [0.2, 0.25) is 0 Å². The fourth-order valence-corrected chi connectivity index (χ4v) is 4.01. The predicted octanol–water partition coefficient (Wildman–Crippen LogP) is 5.23. The van der Waals surface area contributed by atoms with Crippen LogP contribution < -0.4 is 0 Å². The van der Waals surface area contributed by atoms with Crippen molar-refractivity contribution in [2.45, 2.75) is 6.04 Å². The molecule has 1 saturated heterocycles. The number of benzene rings is 3. The third-order valence-corrected chi connectivity index (χ3v) is 5.62. The van der Waals surface area contributed by atoms with E-state index in [0.717, 1.165) is 43.9 Å². The van der Waals surface area contributed by atoms with E-state index in [1.165, 1.54) is 29.8 Å². The number of piperazine rings is 1. The number of hydrogen-bond acceptors (Lipinski definition) is 2. The molecular formula is C26H28CaF2N2. The molecule has 1 fully saturated rings. The summed E-state index contributed by atoms with van der Waals surface area (Å²) in [5, 5.41) is 0. The van der Waals surface area contributed by atoms with Crippen molar-refractivity contribution in [1.82, 2.24) is 9.80 Å². The molecule has 1 heterocycles. The smallest absolute Gasteiger partial charge is 1.00 e. The van der Waals surface area contributed by atoms with E-state index in [4.69, 9.17) is 0 Å². The molecule has 0 radical (unpaired) electrons. The van der Waals surface area contributed by atoms with Crippen molar-refractivity contribution in [3.63, 3.8) is 0 Å². The topological polar surface area (TPSA) is 6.48 Å². The van der Waals surface area contributed by atoms with Crippen LogP contribution in [0.15, 0.2) is 84.9 Å². The molecule has 0 N–H and O–H groups in total. The molecule has 1 aliphatic heterocycles. The number of nitrogens with zero attached hydrogens (tertiary/aromatic N) is 2. The Balaban J connectivity index is 0.00000181. The molecule has 0 saturated carbocycles. The minimum absolute atomic E-state index is 0. The Bertz CT molecular complexity index is 916. The van der Waals surface area contributed by atoms with Crippen LogP contribution in [0.5, 0.6) is 0 Å². The first kappa shape index (κ1) is 24.1. The second-order valence-electron chi connectivity index (χ2n) is 7.66. The molecule has 0 unspecified atom stereocenters. The van der Waals surface area contributed by atoms with Crippen LogP contribution in [0.25, 0.3) is 6.08 Å². The van der Waals surface area contributed by atoms with E-state index in [1.807, 2.05) is 42.5 Å². The zero-order chi connectivity index (χ0) is 20.8. The molecule has 2 nitrogen and oxygen atoms in total. The van der Waals surface area contributed by atoms with E-state index in [-0.39, 0.29) is 58.3 Å². The second kappa shape index (κ2) is 11.9. The summed E-state index contributed by atoms with van der Waals surface area (Å²) in [6, 6.07) is 23.6. The maximum atomic E-state index is 13.5. The molecule has 1 aliphatic rings. The van der Waals surface area contributed by atoms with Gasteiger partial charge in [0.1, 0.15) is 11.6 Å². The van der Waals surface area contributed by atoms with Gasteiger partial charge in [0.15, 0.2) is 0 Å². The Morgan fingerprint density at radius 3 is 1.77 bits per heavy atom. The second-order valence-corrected chi connectivity index (χ2v) is 7.66. The van der Waals surface area contributed by atoms with Crippen LogP contribution in [0, 0.1) is 11.6 Å². The summed E-state index contributed by atoms with van der Waals surface area (Å²) < 4.78 is 26.9. The Labute approximate surface area is 216 Å². The third kappa shape index (κ3) is 6.71. The van der Waals surface area contributed by atoms with Crippen LogP contribution >= 0.6 is 0 Å². The van der Waals surface area contributed by atoms with Crippen LogP contribution in [0.3, 0.4) is 0 Å². The van der Waals surface area contributed by atoms with E-state index < -0.39 is 0 Å². The summed E-state index contributed by atoms with van der Waals surface area (Å²) in [6.45, 7) is 4.63. The van der Waals surface area contributed by atoms with E-state index >= 15 is 0 Å². The Hall–Kier alpha value is -1.56. The normalized spacial score (nSPS) is 15.3. The molecule has 3 aromatic carbocycles. The SMILES string of the molecule is Fc1ccc(C(c2ccc(F)cc2)N2CCN(C/C=C/c3ccccc3)CC2)cc1.[Ca+2].[H-].[H-]. The minimum atomic E-state index is -0.244. The number of halogens is 2. The van der Waals surface area contributed by atoms with Crippen LogP contribution in [0.2, 0.25) is 0 Å². The van der Waals surface area contributed by atoms with Crippen LogP contribution in [0.4, 0.5) is 8.78 Å². The van der Waals surface area contributed by atoms with Gasteiger partial charge in [-0.2, -0.15) is 0 Å². The zero-order valence-corrected chi connectivity index (χ0v) is 19.8. The van der Waals surface area contributed by atoms with Gasteiger partial charge >= 0.3 is 37.7 Å². The summed E-state index contributed by atoms with van der Waals surface area (Å²) in [7, 11) is 0. The molecule has 0 aliphatic carbocycles. The molecule has 0 atom stereocenters. The van der Waals surface area contributed by atoms with Crippen molar-refractivity contribution in [3.05, 3.63) is 113 Å². The van der Waals surface area contributed by atoms with Crippen molar-refractivity contribution in [1.29, 1.82) is 0 Å². The molecule has 0 spiro atoms. The zero-order valence-electron chi connectivity index (χ0n) is 19.6. The van der Waals surface area contributed by atoms with Gasteiger partial charge in [0.25, 0.3) is 0 Å². The molecule has 4 rings (SSSR count). The van der Waals surface area contributed by atoms with Gasteiger partial charge in [-0.05, 0) is 41.0 Å². The van der Waals surface area contributed by atoms with Gasteiger partial charge in [-0.15, -0.1) is 0 Å². The first-order chi connectivity index (χ1) is 14.7. The molecule has 31 heavy (non-hydrogen) atoms. The third-order valence-electron chi connectivity index (χ3n) is 5.62. The van der Waals surface area contributed by atoms with Crippen molar-refractivity contribution >= 4 is 43.8 Å². The van der Waals surface area contributed by atoms with E-state index in [0.29, 0.717) is 0 Å². The van der Waals surface area contributed by atoms with Gasteiger partial charge in [-0.3, -0.25) is 9.80 Å². The van der Waals surface area contributed by atoms with E-state index in [2.05, 4.69) is 34.1 Å². The fraction of sp³-hybridized carbons (Fsp3) is 0.231. The fourth-order valence-electron chi connectivity index (χ4n) is 4.01. The standard InChI is InChI=1S/C26H26F2N2.Ca.2H/c27-24-12-8-22(9-13-24)26(23-10-14-25(28)15-11-23)30-19-17-29(18-20-30)16-4-7-21-5-2-1-3-6-21;;;/h1-15,26H,16-20H2;;;/q;+2;2*-1/b7-4+;;;. The first-order valence-corrected chi connectivity index (χ1v) is 10.4. The maximum absolute atomic E-state index is 13.5. The monoisotopic (exact) mass is 446 g/mol. The molecule has 5 heteroatoms. The van der Waals surface area contributed by atoms with Gasteiger partial charge in [-0.1, -0.05) is 66.7 Å². The summed E-state index contributed by atoms with van der Waals surface area (Å²) in [4.78, 5) is 4.83.